The number of nitro groups is 1. The molecule has 0 spiro atoms. The molecule has 32 heavy (non-hydrogen) atoms. The number of fused-ring (bicyclic) bond motifs is 1. The third-order valence-electron chi connectivity index (χ3n) is 5.08. The molecule has 0 amide bonds. The maximum absolute atomic E-state index is 13.2. The molecule has 4 rings (SSSR count). The number of aromatic nitrogens is 2. The van der Waals surface area contributed by atoms with Crippen LogP contribution in [0.5, 0.6) is 0 Å². The van der Waals surface area contributed by atoms with Crippen molar-refractivity contribution in [2.75, 3.05) is 11.9 Å². The number of hydrogen-bond acceptors (Lipinski definition) is 7. The Balaban J connectivity index is 2.12. The van der Waals surface area contributed by atoms with Crippen LogP contribution < -0.4 is 10.9 Å². The van der Waals surface area contributed by atoms with E-state index in [9.17, 15) is 19.7 Å². The molecule has 0 saturated carbocycles. The third kappa shape index (κ3) is 3.71. The first kappa shape index (κ1) is 21.2. The molecule has 0 radical (unpaired) electrons. The first-order chi connectivity index (χ1) is 15.4. The Labute approximate surface area is 186 Å². The fourth-order valence-electron chi connectivity index (χ4n) is 3.82. The van der Waals surface area contributed by atoms with Crippen LogP contribution >= 0.6 is 12.2 Å². The number of aromatic amines is 2. The molecule has 0 saturated heterocycles. The molecule has 10 heteroatoms. The molecular formula is C22H18N4O5S. The average molecular weight is 450 g/mol. The third-order valence-corrected chi connectivity index (χ3v) is 5.28. The normalized spacial score (nSPS) is 15.0. The van der Waals surface area contributed by atoms with Gasteiger partial charge in [-0.1, -0.05) is 48.5 Å². The van der Waals surface area contributed by atoms with Crippen LogP contribution in [-0.4, -0.2) is 27.5 Å². The number of hydrogen-bond donors (Lipinski definition) is 3. The number of anilines is 1. The minimum Gasteiger partial charge on any atom is -0.463 e. The molecule has 2 heterocycles. The number of ether oxygens (including phenoxy) is 1. The van der Waals surface area contributed by atoms with Crippen molar-refractivity contribution in [1.29, 1.82) is 0 Å². The second-order valence-electron chi connectivity index (χ2n) is 6.95. The topological polar surface area (TPSA) is 130 Å². The molecule has 1 aliphatic rings. The molecule has 0 fully saturated rings. The van der Waals surface area contributed by atoms with E-state index in [1.807, 2.05) is 6.07 Å². The zero-order valence-corrected chi connectivity index (χ0v) is 17.7. The van der Waals surface area contributed by atoms with E-state index in [-0.39, 0.29) is 39.6 Å². The summed E-state index contributed by atoms with van der Waals surface area (Å²) in [6.07, 6.45) is 0. The van der Waals surface area contributed by atoms with E-state index in [2.05, 4.69) is 15.3 Å². The predicted molar refractivity (Wildman–Crippen MR) is 121 cm³/mol. The van der Waals surface area contributed by atoms with Gasteiger partial charge in [0.1, 0.15) is 5.82 Å². The van der Waals surface area contributed by atoms with Crippen molar-refractivity contribution in [3.05, 3.63) is 102 Å². The second kappa shape index (κ2) is 8.60. The summed E-state index contributed by atoms with van der Waals surface area (Å²) in [5.41, 5.74) is 0.620. The molecule has 3 aromatic rings. The lowest BCUT2D eigenvalue weighted by Crippen LogP contribution is -2.31. The van der Waals surface area contributed by atoms with Crippen LogP contribution in [0.4, 0.5) is 11.5 Å². The Hall–Kier alpha value is -4.05. The number of esters is 1. The minimum absolute atomic E-state index is 0.0783. The summed E-state index contributed by atoms with van der Waals surface area (Å²) in [7, 11) is 0. The molecule has 2 aromatic carbocycles. The number of nitrogens with one attached hydrogen (secondary N) is 3. The Morgan fingerprint density at radius 3 is 2.50 bits per heavy atom. The van der Waals surface area contributed by atoms with Crippen molar-refractivity contribution in [1.82, 2.24) is 9.97 Å². The van der Waals surface area contributed by atoms with Gasteiger partial charge in [-0.3, -0.25) is 19.9 Å². The summed E-state index contributed by atoms with van der Waals surface area (Å²) >= 11 is 5.12. The lowest BCUT2D eigenvalue weighted by atomic mass is 9.80. The highest BCUT2D eigenvalue weighted by atomic mass is 32.1. The number of nitrogens with zero attached hydrogens (tertiary/aromatic N) is 1. The Morgan fingerprint density at radius 1 is 1.12 bits per heavy atom. The van der Waals surface area contributed by atoms with Crippen LogP contribution in [0.25, 0.3) is 5.70 Å². The van der Waals surface area contributed by atoms with E-state index in [1.165, 1.54) is 18.2 Å². The maximum atomic E-state index is 13.2. The maximum Gasteiger partial charge on any atom is 0.337 e. The highest BCUT2D eigenvalue weighted by Gasteiger charge is 2.40. The standard InChI is InChI=1S/C22H18N4O5S/c1-2-31-21(28)16-15(13-10-6-7-11-14(13)26(29)30)17-19(24-22(32)25-20(17)27)23-18(16)12-8-4-3-5-9-12/h3-11,15H,2H2,1H3,(H3,23,24,25,27,32). The SMILES string of the molecule is CCOC(=O)C1=C(c2ccccc2)Nc2[nH]c(=S)[nH]c(=O)c2C1c1ccccc1[N+](=O)[O-]. The number of carbonyl (C=O) groups is 1. The van der Waals surface area contributed by atoms with Gasteiger partial charge in [-0.15, -0.1) is 0 Å². The highest BCUT2D eigenvalue weighted by Crippen LogP contribution is 2.44. The number of carbonyl (C=O) groups excluding carboxylic acids is 1. The van der Waals surface area contributed by atoms with Gasteiger partial charge in [0.15, 0.2) is 4.77 Å². The summed E-state index contributed by atoms with van der Waals surface area (Å²) in [6, 6.07) is 15.0. The van der Waals surface area contributed by atoms with Crippen molar-refractivity contribution < 1.29 is 14.5 Å². The first-order valence-corrected chi connectivity index (χ1v) is 10.2. The number of H-pyrrole nitrogens is 2. The largest absolute Gasteiger partial charge is 0.463 e. The number of benzene rings is 2. The van der Waals surface area contributed by atoms with E-state index in [4.69, 9.17) is 17.0 Å². The fourth-order valence-corrected chi connectivity index (χ4v) is 4.02. The van der Waals surface area contributed by atoms with Crippen molar-refractivity contribution in [3.63, 3.8) is 0 Å². The van der Waals surface area contributed by atoms with Gasteiger partial charge in [-0.05, 0) is 24.7 Å². The Morgan fingerprint density at radius 2 is 1.81 bits per heavy atom. The molecule has 1 aliphatic heterocycles. The van der Waals surface area contributed by atoms with Gasteiger partial charge in [0.25, 0.3) is 11.2 Å². The summed E-state index contributed by atoms with van der Waals surface area (Å²) in [4.78, 5) is 42.9. The second-order valence-corrected chi connectivity index (χ2v) is 7.35. The van der Waals surface area contributed by atoms with E-state index in [1.54, 1.807) is 37.3 Å². The molecule has 0 aliphatic carbocycles. The van der Waals surface area contributed by atoms with Crippen molar-refractivity contribution >= 4 is 35.4 Å². The molecule has 1 atom stereocenters. The summed E-state index contributed by atoms with van der Waals surface area (Å²) in [5.74, 6) is -1.50. The van der Waals surface area contributed by atoms with Crippen LogP contribution in [-0.2, 0) is 9.53 Å². The lowest BCUT2D eigenvalue weighted by Gasteiger charge is -2.30. The van der Waals surface area contributed by atoms with E-state index in [0.717, 1.165) is 0 Å². The van der Waals surface area contributed by atoms with Crippen molar-refractivity contribution in [2.45, 2.75) is 12.8 Å². The highest BCUT2D eigenvalue weighted by molar-refractivity contribution is 7.71. The van der Waals surface area contributed by atoms with Gasteiger partial charge in [-0.2, -0.15) is 0 Å². The molecule has 9 nitrogen and oxygen atoms in total. The zero-order chi connectivity index (χ0) is 22.8. The smallest absolute Gasteiger partial charge is 0.337 e. The number of rotatable bonds is 5. The lowest BCUT2D eigenvalue weighted by molar-refractivity contribution is -0.385. The number of nitro benzene ring substituents is 1. The van der Waals surface area contributed by atoms with Gasteiger partial charge in [-0.25, -0.2) is 4.79 Å². The zero-order valence-electron chi connectivity index (χ0n) is 16.9. The van der Waals surface area contributed by atoms with Gasteiger partial charge < -0.3 is 15.0 Å². The summed E-state index contributed by atoms with van der Waals surface area (Å²) in [6.45, 7) is 1.75. The molecule has 3 N–H and O–H groups in total. The first-order valence-electron chi connectivity index (χ1n) is 9.76. The van der Waals surface area contributed by atoms with Gasteiger partial charge in [0.05, 0.1) is 34.3 Å². The summed E-state index contributed by atoms with van der Waals surface area (Å²) in [5, 5.41) is 14.9. The van der Waals surface area contributed by atoms with E-state index in [0.29, 0.717) is 11.3 Å². The molecular weight excluding hydrogens is 432 g/mol. The molecule has 0 bridgehead atoms. The van der Waals surface area contributed by atoms with E-state index >= 15 is 0 Å². The van der Waals surface area contributed by atoms with Crippen LogP contribution in [0.15, 0.2) is 65.0 Å². The van der Waals surface area contributed by atoms with Gasteiger partial charge >= 0.3 is 5.97 Å². The fraction of sp³-hybridized carbons (Fsp3) is 0.136. The quantitative estimate of drug-likeness (QED) is 0.233. The Bertz CT molecular complexity index is 1360. The molecule has 1 aromatic heterocycles. The van der Waals surface area contributed by atoms with E-state index < -0.39 is 22.4 Å². The van der Waals surface area contributed by atoms with Gasteiger partial charge in [0, 0.05) is 11.6 Å². The minimum atomic E-state index is -1.07. The number of para-hydroxylation sites is 1. The monoisotopic (exact) mass is 450 g/mol. The van der Waals surface area contributed by atoms with Crippen molar-refractivity contribution in [2.24, 2.45) is 0 Å². The average Bonchev–Trinajstić information content (AvgIpc) is 2.78. The summed E-state index contributed by atoms with van der Waals surface area (Å²) < 4.78 is 5.39. The predicted octanol–water partition coefficient (Wildman–Crippen LogP) is 3.87. The van der Waals surface area contributed by atoms with Crippen LogP contribution in [0, 0.1) is 14.9 Å². The van der Waals surface area contributed by atoms with Crippen LogP contribution in [0.3, 0.4) is 0 Å². The van der Waals surface area contributed by atoms with Gasteiger partial charge in [0.2, 0.25) is 0 Å². The van der Waals surface area contributed by atoms with Crippen LogP contribution in [0.2, 0.25) is 0 Å². The van der Waals surface area contributed by atoms with Crippen molar-refractivity contribution in [3.8, 4) is 0 Å². The molecule has 1 unspecified atom stereocenters. The van der Waals surface area contributed by atoms with Crippen LogP contribution in [0.1, 0.15) is 29.5 Å². The Kier molecular flexibility index (Phi) is 5.69. The molecule has 162 valence electrons.